The Bertz CT molecular complexity index is 936. The van der Waals surface area contributed by atoms with Crippen LogP contribution in [-0.2, 0) is 6.54 Å². The standard InChI is InChI=1S/C20H19N3O3/c1-13-11-26-19-6-5-15(16-4-3-7-21-9-16)8-17(19)10-23(13)20(24)18-12-25-14(2)22-18/h3-9,12-13H,10-11H2,1-2H3. The molecule has 6 heteroatoms. The van der Waals surface area contributed by atoms with Gasteiger partial charge in [-0.05, 0) is 30.7 Å². The Morgan fingerprint density at radius 1 is 1.27 bits per heavy atom. The summed E-state index contributed by atoms with van der Waals surface area (Å²) < 4.78 is 11.1. The molecule has 0 radical (unpaired) electrons. The SMILES string of the molecule is Cc1nc(C(=O)N2Cc3cc(-c4cccnc4)ccc3OCC2C)co1. The molecule has 6 nitrogen and oxygen atoms in total. The lowest BCUT2D eigenvalue weighted by Gasteiger charge is -2.25. The van der Waals surface area contributed by atoms with Crippen LogP contribution in [0.15, 0.2) is 53.4 Å². The molecule has 3 aromatic rings. The highest BCUT2D eigenvalue weighted by Gasteiger charge is 2.28. The van der Waals surface area contributed by atoms with E-state index < -0.39 is 0 Å². The van der Waals surface area contributed by atoms with Crippen LogP contribution in [0.4, 0.5) is 0 Å². The molecule has 3 heterocycles. The molecular formula is C20H19N3O3. The maximum Gasteiger partial charge on any atom is 0.276 e. The maximum absolute atomic E-state index is 12.9. The summed E-state index contributed by atoms with van der Waals surface area (Å²) in [5.74, 6) is 1.13. The van der Waals surface area contributed by atoms with Gasteiger partial charge in [0.1, 0.15) is 18.6 Å². The summed E-state index contributed by atoms with van der Waals surface area (Å²) in [6.07, 6.45) is 4.98. The van der Waals surface area contributed by atoms with Crippen molar-refractivity contribution in [2.24, 2.45) is 0 Å². The number of benzene rings is 1. The number of pyridine rings is 1. The zero-order chi connectivity index (χ0) is 18.1. The Balaban J connectivity index is 1.67. The van der Waals surface area contributed by atoms with E-state index in [1.54, 1.807) is 18.0 Å². The van der Waals surface area contributed by atoms with E-state index in [-0.39, 0.29) is 11.9 Å². The lowest BCUT2D eigenvalue weighted by Crippen LogP contribution is -2.40. The van der Waals surface area contributed by atoms with Crippen LogP contribution in [0, 0.1) is 6.92 Å². The molecule has 4 rings (SSSR count). The minimum absolute atomic E-state index is 0.0752. The molecule has 1 aliphatic heterocycles. The summed E-state index contributed by atoms with van der Waals surface area (Å²) in [4.78, 5) is 23.0. The van der Waals surface area contributed by atoms with Crippen LogP contribution in [0.2, 0.25) is 0 Å². The van der Waals surface area contributed by atoms with Gasteiger partial charge in [0.25, 0.3) is 5.91 Å². The highest BCUT2D eigenvalue weighted by molar-refractivity contribution is 5.92. The number of nitrogens with zero attached hydrogens (tertiary/aromatic N) is 3. The van der Waals surface area contributed by atoms with Gasteiger partial charge in [0.05, 0.1) is 12.6 Å². The van der Waals surface area contributed by atoms with Crippen LogP contribution in [0.1, 0.15) is 28.9 Å². The van der Waals surface area contributed by atoms with Crippen molar-refractivity contribution < 1.29 is 13.9 Å². The molecule has 0 N–H and O–H groups in total. The van der Waals surface area contributed by atoms with Crippen LogP contribution in [-0.4, -0.2) is 33.4 Å². The van der Waals surface area contributed by atoms with Crippen molar-refractivity contribution in [1.29, 1.82) is 0 Å². The zero-order valence-electron chi connectivity index (χ0n) is 14.7. The lowest BCUT2D eigenvalue weighted by molar-refractivity contribution is 0.0639. The van der Waals surface area contributed by atoms with Crippen LogP contribution in [0.5, 0.6) is 5.75 Å². The monoisotopic (exact) mass is 349 g/mol. The molecule has 0 saturated heterocycles. The van der Waals surface area contributed by atoms with Gasteiger partial charge in [-0.2, -0.15) is 0 Å². The van der Waals surface area contributed by atoms with Gasteiger partial charge < -0.3 is 14.1 Å². The average Bonchev–Trinajstić information content (AvgIpc) is 3.03. The number of hydrogen-bond donors (Lipinski definition) is 0. The third-order valence-corrected chi connectivity index (χ3v) is 4.51. The molecular weight excluding hydrogens is 330 g/mol. The summed E-state index contributed by atoms with van der Waals surface area (Å²) in [5.41, 5.74) is 3.35. The molecule has 1 unspecified atom stereocenters. The number of ether oxygens (including phenoxy) is 1. The molecule has 0 fully saturated rings. The summed E-state index contributed by atoms with van der Waals surface area (Å²) in [6, 6.07) is 9.86. The van der Waals surface area contributed by atoms with Gasteiger partial charge in [-0.25, -0.2) is 4.98 Å². The van der Waals surface area contributed by atoms with Crippen molar-refractivity contribution in [2.45, 2.75) is 26.4 Å². The summed E-state index contributed by atoms with van der Waals surface area (Å²) in [5, 5.41) is 0. The van der Waals surface area contributed by atoms with Crippen LogP contribution < -0.4 is 4.74 Å². The Hall–Kier alpha value is -3.15. The molecule has 2 aromatic heterocycles. The molecule has 1 amide bonds. The average molecular weight is 349 g/mol. The van der Waals surface area contributed by atoms with E-state index in [2.05, 4.69) is 16.0 Å². The summed E-state index contributed by atoms with van der Waals surface area (Å²) in [7, 11) is 0. The quantitative estimate of drug-likeness (QED) is 0.709. The maximum atomic E-state index is 12.9. The third kappa shape index (κ3) is 3.06. The molecule has 0 aliphatic carbocycles. The van der Waals surface area contributed by atoms with E-state index in [1.807, 2.05) is 37.4 Å². The number of carbonyl (C=O) groups excluding carboxylic acids is 1. The number of amides is 1. The third-order valence-electron chi connectivity index (χ3n) is 4.51. The van der Waals surface area contributed by atoms with Crippen molar-refractivity contribution >= 4 is 5.91 Å². The minimum Gasteiger partial charge on any atom is -0.491 e. The van der Waals surface area contributed by atoms with Gasteiger partial charge in [0.2, 0.25) is 0 Å². The van der Waals surface area contributed by atoms with E-state index in [9.17, 15) is 4.79 Å². The van der Waals surface area contributed by atoms with Crippen molar-refractivity contribution in [3.8, 4) is 16.9 Å². The van der Waals surface area contributed by atoms with Crippen LogP contribution >= 0.6 is 0 Å². The first kappa shape index (κ1) is 16.3. The normalized spacial score (nSPS) is 16.5. The second-order valence-electron chi connectivity index (χ2n) is 6.41. The number of oxazole rings is 1. The number of aromatic nitrogens is 2. The van der Waals surface area contributed by atoms with Crippen molar-refractivity contribution in [1.82, 2.24) is 14.9 Å². The van der Waals surface area contributed by atoms with Gasteiger partial charge in [-0.3, -0.25) is 9.78 Å². The fourth-order valence-electron chi connectivity index (χ4n) is 3.08. The van der Waals surface area contributed by atoms with E-state index >= 15 is 0 Å². The van der Waals surface area contributed by atoms with Crippen LogP contribution in [0.3, 0.4) is 0 Å². The fraction of sp³-hybridized carbons (Fsp3) is 0.250. The number of aryl methyl sites for hydroxylation is 1. The van der Waals surface area contributed by atoms with Crippen molar-refractivity contribution in [3.05, 3.63) is 66.1 Å². The molecule has 26 heavy (non-hydrogen) atoms. The van der Waals surface area contributed by atoms with Gasteiger partial charge in [0, 0.05) is 30.4 Å². The number of fused-ring (bicyclic) bond motifs is 1. The summed E-state index contributed by atoms with van der Waals surface area (Å²) >= 11 is 0. The molecule has 1 atom stereocenters. The van der Waals surface area contributed by atoms with E-state index in [1.165, 1.54) is 6.26 Å². The molecule has 0 bridgehead atoms. The summed E-state index contributed by atoms with van der Waals surface area (Å²) in [6.45, 7) is 4.58. The number of carbonyl (C=O) groups is 1. The van der Waals surface area contributed by atoms with Crippen molar-refractivity contribution in [3.63, 3.8) is 0 Å². The van der Waals surface area contributed by atoms with Gasteiger partial charge in [-0.15, -0.1) is 0 Å². The molecule has 1 aromatic carbocycles. The van der Waals surface area contributed by atoms with E-state index in [0.29, 0.717) is 24.7 Å². The highest BCUT2D eigenvalue weighted by Crippen LogP contribution is 2.30. The Kier molecular flexibility index (Phi) is 4.16. The molecule has 132 valence electrons. The number of rotatable bonds is 2. The smallest absolute Gasteiger partial charge is 0.276 e. The molecule has 0 saturated carbocycles. The highest BCUT2D eigenvalue weighted by atomic mass is 16.5. The van der Waals surface area contributed by atoms with Gasteiger partial charge in [-0.1, -0.05) is 12.1 Å². The first-order valence-electron chi connectivity index (χ1n) is 8.51. The molecule has 0 spiro atoms. The minimum atomic E-state index is -0.155. The first-order valence-corrected chi connectivity index (χ1v) is 8.51. The van der Waals surface area contributed by atoms with E-state index in [0.717, 1.165) is 22.4 Å². The lowest BCUT2D eigenvalue weighted by atomic mass is 10.0. The van der Waals surface area contributed by atoms with Gasteiger partial charge >= 0.3 is 0 Å². The largest absolute Gasteiger partial charge is 0.491 e. The topological polar surface area (TPSA) is 68.5 Å². The number of hydrogen-bond acceptors (Lipinski definition) is 5. The Morgan fingerprint density at radius 2 is 2.15 bits per heavy atom. The first-order chi connectivity index (χ1) is 12.6. The Labute approximate surface area is 151 Å². The molecule has 1 aliphatic rings. The zero-order valence-corrected chi connectivity index (χ0v) is 14.7. The fourth-order valence-corrected chi connectivity index (χ4v) is 3.08. The Morgan fingerprint density at radius 3 is 2.88 bits per heavy atom. The van der Waals surface area contributed by atoms with E-state index in [4.69, 9.17) is 9.15 Å². The predicted molar refractivity (Wildman–Crippen MR) is 95.7 cm³/mol. The second-order valence-corrected chi connectivity index (χ2v) is 6.41. The van der Waals surface area contributed by atoms with Crippen molar-refractivity contribution in [2.75, 3.05) is 6.61 Å². The predicted octanol–water partition coefficient (Wildman–Crippen LogP) is 3.47. The van der Waals surface area contributed by atoms with Gasteiger partial charge in [0.15, 0.2) is 11.6 Å². The second kappa shape index (κ2) is 6.63. The van der Waals surface area contributed by atoms with Crippen LogP contribution in [0.25, 0.3) is 11.1 Å².